The zero-order chi connectivity index (χ0) is 14.3. The Kier molecular flexibility index (Phi) is 6.49. The van der Waals surface area contributed by atoms with Crippen molar-refractivity contribution in [3.05, 3.63) is 34.1 Å². The van der Waals surface area contributed by atoms with E-state index in [0.29, 0.717) is 19.6 Å². The molecule has 104 valence electrons. The van der Waals surface area contributed by atoms with Gasteiger partial charge in [0.25, 0.3) is 5.91 Å². The van der Waals surface area contributed by atoms with Gasteiger partial charge in [0.15, 0.2) is 0 Å². The maximum atomic E-state index is 13.6. The molecule has 0 aromatic heterocycles. The van der Waals surface area contributed by atoms with Crippen molar-refractivity contribution in [3.8, 4) is 0 Å². The Morgan fingerprint density at radius 1 is 1.42 bits per heavy atom. The summed E-state index contributed by atoms with van der Waals surface area (Å²) in [7, 11) is 0. The molecule has 0 heterocycles. The van der Waals surface area contributed by atoms with Gasteiger partial charge >= 0.3 is 5.97 Å². The SMILES string of the molecule is CCOC(=O)CCCNC(=O)c1cccc(Br)c1F. The van der Waals surface area contributed by atoms with E-state index >= 15 is 0 Å². The van der Waals surface area contributed by atoms with Crippen LogP contribution in [0.25, 0.3) is 0 Å². The van der Waals surface area contributed by atoms with Crippen molar-refractivity contribution in [2.45, 2.75) is 19.8 Å². The summed E-state index contributed by atoms with van der Waals surface area (Å²) in [6.07, 6.45) is 0.690. The molecule has 0 unspecified atom stereocenters. The maximum Gasteiger partial charge on any atom is 0.305 e. The van der Waals surface area contributed by atoms with Crippen molar-refractivity contribution < 1.29 is 18.7 Å². The van der Waals surface area contributed by atoms with E-state index in [1.165, 1.54) is 12.1 Å². The number of nitrogens with one attached hydrogen (secondary N) is 1. The van der Waals surface area contributed by atoms with E-state index in [2.05, 4.69) is 21.2 Å². The minimum atomic E-state index is -0.592. The van der Waals surface area contributed by atoms with Crippen LogP contribution in [0.4, 0.5) is 4.39 Å². The molecule has 0 atom stereocenters. The Morgan fingerprint density at radius 3 is 2.84 bits per heavy atom. The predicted octanol–water partition coefficient (Wildman–Crippen LogP) is 2.66. The number of carbonyl (C=O) groups is 2. The van der Waals surface area contributed by atoms with Gasteiger partial charge in [0.2, 0.25) is 0 Å². The smallest absolute Gasteiger partial charge is 0.305 e. The molecule has 1 aromatic rings. The van der Waals surface area contributed by atoms with Gasteiger partial charge in [-0.1, -0.05) is 6.07 Å². The van der Waals surface area contributed by atoms with Crippen molar-refractivity contribution in [1.82, 2.24) is 5.32 Å². The van der Waals surface area contributed by atoms with Crippen molar-refractivity contribution in [2.75, 3.05) is 13.2 Å². The van der Waals surface area contributed by atoms with Crippen LogP contribution in [-0.4, -0.2) is 25.0 Å². The van der Waals surface area contributed by atoms with E-state index < -0.39 is 11.7 Å². The van der Waals surface area contributed by atoms with Gasteiger partial charge in [0, 0.05) is 13.0 Å². The number of esters is 1. The Balaban J connectivity index is 2.40. The van der Waals surface area contributed by atoms with Crippen LogP contribution in [0.1, 0.15) is 30.1 Å². The minimum Gasteiger partial charge on any atom is -0.466 e. The summed E-state index contributed by atoms with van der Waals surface area (Å²) < 4.78 is 18.6. The lowest BCUT2D eigenvalue weighted by atomic mass is 10.2. The van der Waals surface area contributed by atoms with Gasteiger partial charge < -0.3 is 10.1 Å². The first kappa shape index (κ1) is 15.6. The van der Waals surface area contributed by atoms with Gasteiger partial charge in [-0.3, -0.25) is 9.59 Å². The number of ether oxygens (including phenoxy) is 1. The molecule has 6 heteroatoms. The van der Waals surface area contributed by atoms with Gasteiger partial charge in [0.05, 0.1) is 16.6 Å². The van der Waals surface area contributed by atoms with Crippen LogP contribution in [-0.2, 0) is 9.53 Å². The molecule has 19 heavy (non-hydrogen) atoms. The largest absolute Gasteiger partial charge is 0.466 e. The van der Waals surface area contributed by atoms with Crippen LogP contribution in [0, 0.1) is 5.82 Å². The average Bonchev–Trinajstić information content (AvgIpc) is 2.38. The van der Waals surface area contributed by atoms with Gasteiger partial charge in [-0.2, -0.15) is 0 Å². The maximum absolute atomic E-state index is 13.6. The Hall–Kier alpha value is -1.43. The van der Waals surface area contributed by atoms with Crippen molar-refractivity contribution in [2.24, 2.45) is 0 Å². The molecule has 1 rings (SSSR count). The van der Waals surface area contributed by atoms with Gasteiger partial charge in [-0.05, 0) is 41.4 Å². The molecule has 1 aromatic carbocycles. The highest BCUT2D eigenvalue weighted by Crippen LogP contribution is 2.18. The number of carbonyl (C=O) groups excluding carboxylic acids is 2. The quantitative estimate of drug-likeness (QED) is 0.644. The van der Waals surface area contributed by atoms with Gasteiger partial charge in [0.1, 0.15) is 5.82 Å². The normalized spacial score (nSPS) is 10.1. The summed E-state index contributed by atoms with van der Waals surface area (Å²) in [6, 6.07) is 4.51. The summed E-state index contributed by atoms with van der Waals surface area (Å²) in [5.41, 5.74) is -0.0227. The number of rotatable bonds is 6. The third-order valence-electron chi connectivity index (χ3n) is 2.34. The van der Waals surface area contributed by atoms with E-state index in [1.54, 1.807) is 13.0 Å². The lowest BCUT2D eigenvalue weighted by Gasteiger charge is -2.06. The summed E-state index contributed by atoms with van der Waals surface area (Å²) in [4.78, 5) is 22.8. The molecule has 4 nitrogen and oxygen atoms in total. The fourth-order valence-electron chi connectivity index (χ4n) is 1.44. The summed E-state index contributed by atoms with van der Waals surface area (Å²) in [6.45, 7) is 2.37. The third-order valence-corrected chi connectivity index (χ3v) is 2.96. The summed E-state index contributed by atoms with van der Waals surface area (Å²) in [5, 5.41) is 2.56. The molecule has 0 fully saturated rings. The van der Waals surface area contributed by atoms with E-state index in [-0.39, 0.29) is 22.4 Å². The Morgan fingerprint density at radius 2 is 2.16 bits per heavy atom. The van der Waals surface area contributed by atoms with Crippen molar-refractivity contribution in [3.63, 3.8) is 0 Å². The molecule has 1 N–H and O–H groups in total. The zero-order valence-electron chi connectivity index (χ0n) is 10.5. The predicted molar refractivity (Wildman–Crippen MR) is 72.3 cm³/mol. The molecule has 0 spiro atoms. The minimum absolute atomic E-state index is 0.0227. The first-order chi connectivity index (χ1) is 9.06. The Bertz CT molecular complexity index is 465. The number of benzene rings is 1. The zero-order valence-corrected chi connectivity index (χ0v) is 12.1. The van der Waals surface area contributed by atoms with Crippen LogP contribution in [0.3, 0.4) is 0 Å². The summed E-state index contributed by atoms with van der Waals surface area (Å²) in [5.74, 6) is -1.39. The second kappa shape index (κ2) is 7.89. The van der Waals surface area contributed by atoms with E-state index in [1.807, 2.05) is 0 Å². The number of amides is 1. The average molecular weight is 332 g/mol. The van der Waals surface area contributed by atoms with E-state index in [4.69, 9.17) is 4.74 Å². The molecule has 1 amide bonds. The van der Waals surface area contributed by atoms with Crippen LogP contribution >= 0.6 is 15.9 Å². The molecule has 0 aliphatic heterocycles. The standard InChI is InChI=1S/C13H15BrFNO3/c1-2-19-11(17)7-4-8-16-13(18)9-5-3-6-10(14)12(9)15/h3,5-6H,2,4,7-8H2,1H3,(H,16,18). The van der Waals surface area contributed by atoms with Gasteiger partial charge in [-0.25, -0.2) is 4.39 Å². The van der Waals surface area contributed by atoms with Crippen LogP contribution in [0.15, 0.2) is 22.7 Å². The second-order valence-corrected chi connectivity index (χ2v) is 4.62. The highest BCUT2D eigenvalue weighted by Gasteiger charge is 2.13. The van der Waals surface area contributed by atoms with E-state index in [9.17, 15) is 14.0 Å². The molecule has 0 aliphatic rings. The first-order valence-electron chi connectivity index (χ1n) is 5.94. The lowest BCUT2D eigenvalue weighted by Crippen LogP contribution is -2.26. The van der Waals surface area contributed by atoms with Gasteiger partial charge in [-0.15, -0.1) is 0 Å². The molecule has 0 bridgehead atoms. The molecule has 0 saturated heterocycles. The van der Waals surface area contributed by atoms with E-state index in [0.717, 1.165) is 0 Å². The topological polar surface area (TPSA) is 55.4 Å². The number of halogens is 2. The molecule has 0 aliphatic carbocycles. The monoisotopic (exact) mass is 331 g/mol. The fourth-order valence-corrected chi connectivity index (χ4v) is 1.81. The molecule has 0 radical (unpaired) electrons. The highest BCUT2D eigenvalue weighted by atomic mass is 79.9. The fraction of sp³-hybridized carbons (Fsp3) is 0.385. The van der Waals surface area contributed by atoms with Crippen LogP contribution < -0.4 is 5.32 Å². The van der Waals surface area contributed by atoms with Crippen LogP contribution in [0.5, 0.6) is 0 Å². The summed E-state index contributed by atoms with van der Waals surface area (Å²) >= 11 is 3.02. The molecule has 0 saturated carbocycles. The van der Waals surface area contributed by atoms with Crippen molar-refractivity contribution >= 4 is 27.8 Å². The Labute approximate surface area is 119 Å². The first-order valence-corrected chi connectivity index (χ1v) is 6.73. The van der Waals surface area contributed by atoms with Crippen molar-refractivity contribution in [1.29, 1.82) is 0 Å². The van der Waals surface area contributed by atoms with Crippen LogP contribution in [0.2, 0.25) is 0 Å². The second-order valence-electron chi connectivity index (χ2n) is 3.77. The molecular formula is C13H15BrFNO3. The number of hydrogen-bond donors (Lipinski definition) is 1. The lowest BCUT2D eigenvalue weighted by molar-refractivity contribution is -0.143. The highest BCUT2D eigenvalue weighted by molar-refractivity contribution is 9.10. The number of hydrogen-bond acceptors (Lipinski definition) is 3. The third kappa shape index (κ3) is 4.98. The molecular weight excluding hydrogens is 317 g/mol.